The molecule has 0 amide bonds. The number of benzene rings is 1. The van der Waals surface area contributed by atoms with Gasteiger partial charge in [0.2, 0.25) is 0 Å². The number of aromatic nitrogens is 4. The Morgan fingerprint density at radius 2 is 2.00 bits per heavy atom. The fraction of sp³-hybridized carbons (Fsp3) is 0.143. The van der Waals surface area contributed by atoms with Gasteiger partial charge in [0.25, 0.3) is 5.56 Å². The maximum Gasteiger partial charge on any atom is 0.305 e. The van der Waals surface area contributed by atoms with Crippen molar-refractivity contribution in [2.45, 2.75) is 13.0 Å². The molecule has 0 spiro atoms. The third-order valence-corrected chi connectivity index (χ3v) is 3.12. The fourth-order valence-corrected chi connectivity index (χ4v) is 2.08. The summed E-state index contributed by atoms with van der Waals surface area (Å²) in [6.07, 6.45) is 2.68. The number of carbonyl (C=O) groups is 1. The van der Waals surface area contributed by atoms with Crippen molar-refractivity contribution in [3.63, 3.8) is 0 Å². The molecule has 2 heterocycles. The highest BCUT2D eigenvalue weighted by Crippen LogP contribution is 2.12. The van der Waals surface area contributed by atoms with Gasteiger partial charge in [0, 0.05) is 6.54 Å². The van der Waals surface area contributed by atoms with Gasteiger partial charge in [-0.2, -0.15) is 5.10 Å². The highest BCUT2D eigenvalue weighted by atomic mass is 16.4. The summed E-state index contributed by atoms with van der Waals surface area (Å²) in [6.45, 7) is 0.0909. The van der Waals surface area contributed by atoms with Gasteiger partial charge >= 0.3 is 5.97 Å². The lowest BCUT2D eigenvalue weighted by molar-refractivity contribution is -0.137. The van der Waals surface area contributed by atoms with Crippen molar-refractivity contribution < 1.29 is 9.90 Å². The van der Waals surface area contributed by atoms with Crippen LogP contribution in [0.5, 0.6) is 0 Å². The van der Waals surface area contributed by atoms with E-state index in [9.17, 15) is 9.59 Å². The van der Waals surface area contributed by atoms with Crippen molar-refractivity contribution in [3.05, 3.63) is 53.2 Å². The molecule has 7 nitrogen and oxygen atoms in total. The van der Waals surface area contributed by atoms with Crippen LogP contribution in [0.25, 0.3) is 16.7 Å². The first-order chi connectivity index (χ1) is 10.2. The van der Waals surface area contributed by atoms with E-state index in [1.165, 1.54) is 17.1 Å². The number of carboxylic acid groups (broad SMARTS) is 1. The van der Waals surface area contributed by atoms with Gasteiger partial charge < -0.3 is 5.11 Å². The molecule has 0 aliphatic heterocycles. The summed E-state index contributed by atoms with van der Waals surface area (Å²) in [4.78, 5) is 27.1. The van der Waals surface area contributed by atoms with Crippen molar-refractivity contribution in [3.8, 4) is 5.69 Å². The smallest absolute Gasteiger partial charge is 0.305 e. The molecule has 0 aliphatic rings. The molecule has 0 fully saturated rings. The van der Waals surface area contributed by atoms with Gasteiger partial charge in [-0.3, -0.25) is 14.2 Å². The highest BCUT2D eigenvalue weighted by molar-refractivity contribution is 5.75. The predicted octanol–water partition coefficient (Wildman–Crippen LogP) is 1.06. The van der Waals surface area contributed by atoms with Crippen molar-refractivity contribution in [2.24, 2.45) is 0 Å². The van der Waals surface area contributed by atoms with Crippen LogP contribution in [0, 0.1) is 0 Å². The minimum absolute atomic E-state index is 0.0909. The van der Waals surface area contributed by atoms with Gasteiger partial charge in [0.15, 0.2) is 5.65 Å². The molecular weight excluding hydrogens is 272 g/mol. The Labute approximate surface area is 119 Å². The molecule has 0 saturated carbocycles. The summed E-state index contributed by atoms with van der Waals surface area (Å²) in [5.41, 5.74) is 0.976. The average Bonchev–Trinajstić information content (AvgIpc) is 2.92. The number of fused-ring (bicyclic) bond motifs is 1. The molecule has 0 aliphatic carbocycles. The van der Waals surface area contributed by atoms with Crippen molar-refractivity contribution in [2.75, 3.05) is 0 Å². The molecule has 106 valence electrons. The van der Waals surface area contributed by atoms with Crippen molar-refractivity contribution in [1.82, 2.24) is 19.3 Å². The van der Waals surface area contributed by atoms with E-state index in [0.29, 0.717) is 11.0 Å². The quantitative estimate of drug-likeness (QED) is 0.773. The normalized spacial score (nSPS) is 10.9. The molecule has 1 N–H and O–H groups in total. The van der Waals surface area contributed by atoms with E-state index >= 15 is 0 Å². The zero-order valence-corrected chi connectivity index (χ0v) is 11.0. The minimum Gasteiger partial charge on any atom is -0.481 e. The molecule has 0 atom stereocenters. The standard InChI is InChI=1S/C14H12N4O3/c19-12(20)6-7-17-9-15-13-11(14(17)21)8-16-18(13)10-4-2-1-3-5-10/h1-5,8-9H,6-7H2,(H,19,20). The van der Waals surface area contributed by atoms with E-state index in [1.54, 1.807) is 4.68 Å². The van der Waals surface area contributed by atoms with Crippen LogP contribution in [0.4, 0.5) is 0 Å². The number of para-hydroxylation sites is 1. The topological polar surface area (TPSA) is 90.0 Å². The first kappa shape index (κ1) is 13.0. The lowest BCUT2D eigenvalue weighted by atomic mass is 10.3. The Morgan fingerprint density at radius 3 is 2.71 bits per heavy atom. The van der Waals surface area contributed by atoms with Gasteiger partial charge in [0.05, 0.1) is 24.6 Å². The van der Waals surface area contributed by atoms with E-state index in [-0.39, 0.29) is 18.5 Å². The van der Waals surface area contributed by atoms with E-state index in [0.717, 1.165) is 5.69 Å². The predicted molar refractivity (Wildman–Crippen MR) is 75.4 cm³/mol. The number of hydrogen-bond donors (Lipinski definition) is 1. The van der Waals surface area contributed by atoms with Crippen molar-refractivity contribution in [1.29, 1.82) is 0 Å². The lowest BCUT2D eigenvalue weighted by Gasteiger charge is -2.04. The molecule has 0 unspecified atom stereocenters. The number of aliphatic carboxylic acids is 1. The molecule has 0 radical (unpaired) electrons. The summed E-state index contributed by atoms with van der Waals surface area (Å²) < 4.78 is 2.87. The minimum atomic E-state index is -0.957. The molecule has 7 heteroatoms. The maximum atomic E-state index is 12.3. The average molecular weight is 284 g/mol. The fourth-order valence-electron chi connectivity index (χ4n) is 2.08. The summed E-state index contributed by atoms with van der Waals surface area (Å²) in [5, 5.41) is 13.2. The molecule has 0 bridgehead atoms. The number of rotatable bonds is 4. The van der Waals surface area contributed by atoms with Crippen LogP contribution in [0.1, 0.15) is 6.42 Å². The second-order valence-electron chi connectivity index (χ2n) is 4.52. The Morgan fingerprint density at radius 1 is 1.24 bits per heavy atom. The molecule has 3 rings (SSSR count). The Bertz CT molecular complexity index is 852. The molecule has 1 aromatic carbocycles. The first-order valence-corrected chi connectivity index (χ1v) is 6.37. The molecule has 2 aromatic heterocycles. The second kappa shape index (κ2) is 5.20. The number of carboxylic acids is 1. The zero-order valence-electron chi connectivity index (χ0n) is 11.0. The van der Waals surface area contributed by atoms with E-state index in [1.807, 2.05) is 30.3 Å². The summed E-state index contributed by atoms with van der Waals surface area (Å²) >= 11 is 0. The van der Waals surface area contributed by atoms with Crippen LogP contribution >= 0.6 is 0 Å². The SMILES string of the molecule is O=C(O)CCn1cnc2c(cnn2-c2ccccc2)c1=O. The number of hydrogen-bond acceptors (Lipinski definition) is 4. The van der Waals surface area contributed by atoms with Crippen LogP contribution in [0.3, 0.4) is 0 Å². The second-order valence-corrected chi connectivity index (χ2v) is 4.52. The van der Waals surface area contributed by atoms with Crippen LogP contribution in [-0.4, -0.2) is 30.4 Å². The Balaban J connectivity index is 2.07. The molecule has 21 heavy (non-hydrogen) atoms. The largest absolute Gasteiger partial charge is 0.481 e. The third-order valence-electron chi connectivity index (χ3n) is 3.12. The van der Waals surface area contributed by atoms with Gasteiger partial charge in [-0.25, -0.2) is 9.67 Å². The zero-order chi connectivity index (χ0) is 14.8. The summed E-state index contributed by atoms with van der Waals surface area (Å²) in [7, 11) is 0. The number of nitrogens with zero attached hydrogens (tertiary/aromatic N) is 4. The van der Waals surface area contributed by atoms with Gasteiger partial charge in [-0.15, -0.1) is 0 Å². The van der Waals surface area contributed by atoms with Gasteiger partial charge in [0.1, 0.15) is 5.39 Å². The van der Waals surface area contributed by atoms with Crippen LogP contribution in [0.15, 0.2) is 47.7 Å². The molecular formula is C14H12N4O3. The summed E-state index contributed by atoms with van der Waals surface area (Å²) in [6, 6.07) is 9.36. The van der Waals surface area contributed by atoms with Crippen molar-refractivity contribution >= 4 is 17.0 Å². The molecule has 0 saturated heterocycles. The van der Waals surface area contributed by atoms with Crippen LogP contribution < -0.4 is 5.56 Å². The maximum absolute atomic E-state index is 12.3. The van der Waals surface area contributed by atoms with Gasteiger partial charge in [-0.05, 0) is 12.1 Å². The Kier molecular flexibility index (Phi) is 3.23. The lowest BCUT2D eigenvalue weighted by Crippen LogP contribution is -2.21. The molecule has 3 aromatic rings. The monoisotopic (exact) mass is 284 g/mol. The van der Waals surface area contributed by atoms with E-state index in [2.05, 4.69) is 10.1 Å². The summed E-state index contributed by atoms with van der Waals surface area (Å²) in [5.74, 6) is -0.957. The highest BCUT2D eigenvalue weighted by Gasteiger charge is 2.11. The number of aryl methyl sites for hydroxylation is 1. The van der Waals surface area contributed by atoms with E-state index < -0.39 is 5.97 Å². The van der Waals surface area contributed by atoms with E-state index in [4.69, 9.17) is 5.11 Å². The van der Waals surface area contributed by atoms with Crippen LogP contribution in [-0.2, 0) is 11.3 Å². The van der Waals surface area contributed by atoms with Crippen LogP contribution in [0.2, 0.25) is 0 Å². The third kappa shape index (κ3) is 2.40. The Hall–Kier alpha value is -2.96. The van der Waals surface area contributed by atoms with Gasteiger partial charge in [-0.1, -0.05) is 18.2 Å². The first-order valence-electron chi connectivity index (χ1n) is 6.37.